The normalized spacial score (nSPS) is 11.1. The predicted octanol–water partition coefficient (Wildman–Crippen LogP) is 6.29. The van der Waals surface area contributed by atoms with E-state index >= 15 is 0 Å². The first-order valence-electron chi connectivity index (χ1n) is 8.33. The van der Waals surface area contributed by atoms with Crippen LogP contribution in [-0.2, 0) is 0 Å². The minimum absolute atomic E-state index is 0.765. The van der Waals surface area contributed by atoms with E-state index in [1.807, 2.05) is 29.8 Å². The lowest BCUT2D eigenvalue weighted by molar-refractivity contribution is 0.583. The van der Waals surface area contributed by atoms with Crippen LogP contribution < -0.4 is 0 Å². The van der Waals surface area contributed by atoms with Gasteiger partial charge >= 0.3 is 0 Å². The van der Waals surface area contributed by atoms with Crippen molar-refractivity contribution in [1.82, 2.24) is 9.97 Å². The highest BCUT2D eigenvalue weighted by Gasteiger charge is 2.21. The van der Waals surface area contributed by atoms with Gasteiger partial charge in [0.2, 0.25) is 0 Å². The molecule has 0 spiro atoms. The molecule has 2 aromatic carbocycles. The smallest absolute Gasteiger partial charge is 0.172 e. The molecule has 3 aromatic heterocycles. The van der Waals surface area contributed by atoms with Crippen LogP contribution in [0.25, 0.3) is 43.9 Å². The average Bonchev–Trinajstić information content (AvgIpc) is 3.38. The molecule has 3 heterocycles. The molecule has 0 aliphatic carbocycles. The van der Waals surface area contributed by atoms with E-state index in [0.29, 0.717) is 0 Å². The monoisotopic (exact) mass is 354 g/mol. The Morgan fingerprint density at radius 1 is 0.769 bits per heavy atom. The molecule has 0 amide bonds. The van der Waals surface area contributed by atoms with Crippen LogP contribution in [0.15, 0.2) is 89.1 Å². The van der Waals surface area contributed by atoms with Crippen LogP contribution in [0.5, 0.6) is 0 Å². The molecular formula is C22H14N2OS. The zero-order valence-corrected chi connectivity index (χ0v) is 14.6. The summed E-state index contributed by atoms with van der Waals surface area (Å²) in [5.74, 6) is 0.765. The Balaban J connectivity index is 1.83. The lowest BCUT2D eigenvalue weighted by Crippen LogP contribution is -1.87. The van der Waals surface area contributed by atoms with Gasteiger partial charge in [-0.05, 0) is 28.5 Å². The van der Waals surface area contributed by atoms with Gasteiger partial charge in [-0.2, -0.15) is 0 Å². The molecular weight excluding hydrogens is 340 g/mol. The number of furan rings is 1. The van der Waals surface area contributed by atoms with Crippen LogP contribution in [0.4, 0.5) is 0 Å². The molecule has 0 unspecified atom stereocenters. The maximum atomic E-state index is 6.01. The van der Waals surface area contributed by atoms with Crippen LogP contribution in [0.3, 0.4) is 0 Å². The van der Waals surface area contributed by atoms with Crippen LogP contribution in [0.1, 0.15) is 0 Å². The number of rotatable bonds is 3. The van der Waals surface area contributed by atoms with E-state index in [4.69, 9.17) is 4.42 Å². The van der Waals surface area contributed by atoms with E-state index < -0.39 is 0 Å². The van der Waals surface area contributed by atoms with E-state index in [1.165, 1.54) is 10.8 Å². The topological polar surface area (TPSA) is 38.9 Å². The average molecular weight is 354 g/mol. The lowest BCUT2D eigenvalue weighted by Gasteiger charge is -2.08. The SMILES string of the molecule is c1ccc(-c2c(-c3cccc4ccccc34)coc2-c2nccs2)nc1. The maximum absolute atomic E-state index is 6.01. The molecule has 124 valence electrons. The molecule has 0 saturated heterocycles. The van der Waals surface area contributed by atoms with Crippen molar-refractivity contribution in [3.05, 3.63) is 84.7 Å². The second-order valence-electron chi connectivity index (χ2n) is 5.93. The number of hydrogen-bond donors (Lipinski definition) is 0. The van der Waals surface area contributed by atoms with E-state index in [2.05, 4.69) is 52.4 Å². The number of hydrogen-bond acceptors (Lipinski definition) is 4. The highest BCUT2D eigenvalue weighted by molar-refractivity contribution is 7.13. The fraction of sp³-hybridized carbons (Fsp3) is 0. The summed E-state index contributed by atoms with van der Waals surface area (Å²) in [6, 6.07) is 20.7. The van der Waals surface area contributed by atoms with Gasteiger partial charge in [-0.15, -0.1) is 11.3 Å². The summed E-state index contributed by atoms with van der Waals surface area (Å²) in [4.78, 5) is 9.01. The number of thiazole rings is 1. The maximum Gasteiger partial charge on any atom is 0.172 e. The first kappa shape index (κ1) is 15.0. The minimum Gasteiger partial charge on any atom is -0.460 e. The Hall–Kier alpha value is -3.24. The van der Waals surface area contributed by atoms with E-state index in [1.54, 1.807) is 23.7 Å². The molecule has 4 heteroatoms. The number of pyridine rings is 1. The van der Waals surface area contributed by atoms with E-state index in [0.717, 1.165) is 33.2 Å². The second kappa shape index (κ2) is 6.24. The van der Waals surface area contributed by atoms with Crippen molar-refractivity contribution in [2.24, 2.45) is 0 Å². The summed E-state index contributed by atoms with van der Waals surface area (Å²) in [5.41, 5.74) is 4.03. The zero-order chi connectivity index (χ0) is 17.3. The summed E-state index contributed by atoms with van der Waals surface area (Å²) in [5, 5.41) is 5.21. The van der Waals surface area contributed by atoms with Crippen molar-refractivity contribution >= 4 is 22.1 Å². The van der Waals surface area contributed by atoms with Crippen molar-refractivity contribution in [2.45, 2.75) is 0 Å². The number of fused-ring (bicyclic) bond motifs is 1. The molecule has 0 radical (unpaired) electrons. The quantitative estimate of drug-likeness (QED) is 0.382. The molecule has 0 N–H and O–H groups in total. The molecule has 0 aliphatic rings. The van der Waals surface area contributed by atoms with Gasteiger partial charge in [0.25, 0.3) is 0 Å². The number of nitrogens with zero attached hydrogens (tertiary/aromatic N) is 2. The first-order valence-corrected chi connectivity index (χ1v) is 9.20. The van der Waals surface area contributed by atoms with Gasteiger partial charge in [0, 0.05) is 23.3 Å². The molecule has 5 aromatic rings. The van der Waals surface area contributed by atoms with Crippen LogP contribution in [0, 0.1) is 0 Å². The highest BCUT2D eigenvalue weighted by Crippen LogP contribution is 2.43. The molecule has 3 nitrogen and oxygen atoms in total. The van der Waals surface area contributed by atoms with E-state index in [9.17, 15) is 0 Å². The van der Waals surface area contributed by atoms with Gasteiger partial charge in [-0.1, -0.05) is 48.5 Å². The molecule has 0 bridgehead atoms. The predicted molar refractivity (Wildman–Crippen MR) is 106 cm³/mol. The van der Waals surface area contributed by atoms with Crippen molar-refractivity contribution in [2.75, 3.05) is 0 Å². The Bertz CT molecular complexity index is 1170. The second-order valence-corrected chi connectivity index (χ2v) is 6.83. The van der Waals surface area contributed by atoms with Gasteiger partial charge < -0.3 is 4.42 Å². The van der Waals surface area contributed by atoms with Gasteiger partial charge in [0.15, 0.2) is 10.8 Å². The third-order valence-corrected chi connectivity index (χ3v) is 5.19. The molecule has 0 fully saturated rings. The molecule has 0 atom stereocenters. The Kier molecular flexibility index (Phi) is 3.61. The van der Waals surface area contributed by atoms with Gasteiger partial charge in [-0.25, -0.2) is 4.98 Å². The fourth-order valence-corrected chi connectivity index (χ4v) is 3.90. The van der Waals surface area contributed by atoms with Gasteiger partial charge in [-0.3, -0.25) is 4.98 Å². The number of aromatic nitrogens is 2. The highest BCUT2D eigenvalue weighted by atomic mass is 32.1. The van der Waals surface area contributed by atoms with Gasteiger partial charge in [0.05, 0.1) is 17.5 Å². The van der Waals surface area contributed by atoms with Crippen molar-refractivity contribution < 1.29 is 4.42 Å². The third kappa shape index (κ3) is 2.43. The first-order chi connectivity index (χ1) is 12.9. The summed E-state index contributed by atoms with van der Waals surface area (Å²) < 4.78 is 6.01. The molecule has 0 saturated carbocycles. The minimum atomic E-state index is 0.765. The summed E-state index contributed by atoms with van der Waals surface area (Å²) in [7, 11) is 0. The Morgan fingerprint density at radius 2 is 1.65 bits per heavy atom. The lowest BCUT2D eigenvalue weighted by atomic mass is 9.95. The molecule has 26 heavy (non-hydrogen) atoms. The standard InChI is InChI=1S/C22H14N2OS/c1-2-8-16-15(6-1)7-5-9-17(16)18-14-25-21(22-24-12-13-26-22)20(18)19-10-3-4-11-23-19/h1-14H. The summed E-state index contributed by atoms with van der Waals surface area (Å²) in [6.45, 7) is 0. The third-order valence-electron chi connectivity index (χ3n) is 4.42. The number of benzene rings is 2. The molecule has 5 rings (SSSR count). The fourth-order valence-electron chi connectivity index (χ4n) is 3.27. The van der Waals surface area contributed by atoms with E-state index in [-0.39, 0.29) is 0 Å². The van der Waals surface area contributed by atoms with Crippen molar-refractivity contribution in [3.63, 3.8) is 0 Å². The van der Waals surface area contributed by atoms with Crippen LogP contribution >= 0.6 is 11.3 Å². The largest absolute Gasteiger partial charge is 0.460 e. The van der Waals surface area contributed by atoms with Gasteiger partial charge in [0.1, 0.15) is 0 Å². The summed E-state index contributed by atoms with van der Waals surface area (Å²) >= 11 is 1.56. The molecule has 0 aliphatic heterocycles. The Labute approximate surface area is 154 Å². The van der Waals surface area contributed by atoms with Crippen molar-refractivity contribution in [3.8, 4) is 33.2 Å². The zero-order valence-electron chi connectivity index (χ0n) is 13.8. The van der Waals surface area contributed by atoms with Crippen LogP contribution in [-0.4, -0.2) is 9.97 Å². The van der Waals surface area contributed by atoms with Crippen molar-refractivity contribution in [1.29, 1.82) is 0 Å². The van der Waals surface area contributed by atoms with Crippen LogP contribution in [0.2, 0.25) is 0 Å². The Morgan fingerprint density at radius 3 is 2.50 bits per heavy atom. The summed E-state index contributed by atoms with van der Waals surface area (Å²) in [6.07, 6.45) is 5.42.